The van der Waals surface area contributed by atoms with Crippen molar-refractivity contribution in [1.82, 2.24) is 14.6 Å². The molecule has 0 N–H and O–H groups in total. The molecule has 0 saturated carbocycles. The fourth-order valence-corrected chi connectivity index (χ4v) is 2.91. The van der Waals surface area contributed by atoms with Crippen molar-refractivity contribution in [2.24, 2.45) is 0 Å². The van der Waals surface area contributed by atoms with Crippen molar-refractivity contribution in [2.75, 3.05) is 0 Å². The highest BCUT2D eigenvalue weighted by atomic mass is 127. The molecule has 6 heteroatoms. The Labute approximate surface area is 115 Å². The number of thiophene rings is 1. The smallest absolute Gasteiger partial charge is 0.169 e. The monoisotopic (exact) mass is 352 g/mol. The third kappa shape index (κ3) is 1.81. The lowest BCUT2D eigenvalue weighted by molar-refractivity contribution is 1.11. The lowest BCUT2D eigenvalue weighted by Crippen LogP contribution is -1.88. The van der Waals surface area contributed by atoms with Crippen LogP contribution in [0.5, 0.6) is 0 Å². The molecule has 0 aromatic carbocycles. The highest BCUT2D eigenvalue weighted by molar-refractivity contribution is 14.1. The lowest BCUT2D eigenvalue weighted by Gasteiger charge is -1.96. The number of hydrogen-bond acceptors (Lipinski definition) is 4. The summed E-state index contributed by atoms with van der Waals surface area (Å²) in [5, 5.41) is 19.1. The van der Waals surface area contributed by atoms with E-state index in [1.807, 2.05) is 10.6 Å². The zero-order valence-electron chi connectivity index (χ0n) is 8.46. The van der Waals surface area contributed by atoms with Crippen molar-refractivity contribution in [3.63, 3.8) is 0 Å². The average Bonchev–Trinajstić information content (AvgIpc) is 2.93. The maximum Gasteiger partial charge on any atom is 0.169 e. The number of aromatic nitrogens is 3. The normalized spacial score (nSPS) is 10.6. The van der Waals surface area contributed by atoms with E-state index in [9.17, 15) is 0 Å². The summed E-state index contributed by atoms with van der Waals surface area (Å²) < 4.78 is 3.10. The Morgan fingerprint density at radius 1 is 1.35 bits per heavy atom. The second kappa shape index (κ2) is 4.09. The third-order valence-electron chi connectivity index (χ3n) is 2.36. The molecule has 0 atom stereocenters. The van der Waals surface area contributed by atoms with E-state index in [4.69, 9.17) is 5.26 Å². The van der Waals surface area contributed by atoms with Crippen LogP contribution in [0.25, 0.3) is 17.0 Å². The van der Waals surface area contributed by atoms with E-state index in [0.29, 0.717) is 11.2 Å². The molecule has 3 heterocycles. The minimum atomic E-state index is 0.594. The molecule has 3 aromatic heterocycles. The second-order valence-electron chi connectivity index (χ2n) is 3.42. The number of nitrogens with zero attached hydrogens (tertiary/aromatic N) is 4. The molecule has 0 aliphatic heterocycles. The molecule has 82 valence electrons. The Bertz CT molecular complexity index is 737. The molecular weight excluding hydrogens is 347 g/mol. The molecular formula is C11H5IN4S. The first-order chi connectivity index (χ1) is 8.28. The van der Waals surface area contributed by atoms with E-state index < -0.39 is 0 Å². The molecule has 0 spiro atoms. The van der Waals surface area contributed by atoms with Crippen molar-refractivity contribution in [3.8, 4) is 17.5 Å². The molecule has 0 saturated heterocycles. The van der Waals surface area contributed by atoms with E-state index >= 15 is 0 Å². The van der Waals surface area contributed by atoms with Gasteiger partial charge in [0.1, 0.15) is 0 Å². The van der Waals surface area contributed by atoms with Crippen molar-refractivity contribution < 1.29 is 0 Å². The first kappa shape index (κ1) is 10.7. The van der Waals surface area contributed by atoms with Gasteiger partial charge in [-0.15, -0.1) is 21.5 Å². The van der Waals surface area contributed by atoms with Crippen LogP contribution in [0.4, 0.5) is 0 Å². The van der Waals surface area contributed by atoms with Crippen molar-refractivity contribution in [3.05, 3.63) is 38.2 Å². The van der Waals surface area contributed by atoms with Gasteiger partial charge < -0.3 is 0 Å². The molecule has 17 heavy (non-hydrogen) atoms. The van der Waals surface area contributed by atoms with Crippen LogP contribution in [-0.2, 0) is 0 Å². The van der Waals surface area contributed by atoms with Gasteiger partial charge in [0, 0.05) is 23.2 Å². The van der Waals surface area contributed by atoms with Crippen LogP contribution in [0.3, 0.4) is 0 Å². The first-order valence-electron chi connectivity index (χ1n) is 4.77. The molecule has 0 radical (unpaired) electrons. The number of pyridine rings is 1. The maximum absolute atomic E-state index is 8.82. The molecule has 0 aliphatic rings. The summed E-state index contributed by atoms with van der Waals surface area (Å²) in [7, 11) is 0. The van der Waals surface area contributed by atoms with E-state index in [2.05, 4.69) is 50.3 Å². The molecule has 0 bridgehead atoms. The van der Waals surface area contributed by atoms with E-state index in [-0.39, 0.29) is 0 Å². The predicted octanol–water partition coefficient (Wildman–Crippen LogP) is 2.93. The summed E-state index contributed by atoms with van der Waals surface area (Å²) in [5.74, 6) is 0.809. The zero-order chi connectivity index (χ0) is 11.8. The largest absolute Gasteiger partial charge is 0.282 e. The van der Waals surface area contributed by atoms with E-state index in [0.717, 1.165) is 11.4 Å². The van der Waals surface area contributed by atoms with Gasteiger partial charge in [0.2, 0.25) is 0 Å². The Kier molecular flexibility index (Phi) is 2.57. The van der Waals surface area contributed by atoms with Crippen LogP contribution >= 0.6 is 33.9 Å². The minimum absolute atomic E-state index is 0.594. The number of hydrogen-bond donors (Lipinski definition) is 0. The topological polar surface area (TPSA) is 54.0 Å². The lowest BCUT2D eigenvalue weighted by atomic mass is 10.3. The zero-order valence-corrected chi connectivity index (χ0v) is 11.4. The van der Waals surface area contributed by atoms with Crippen LogP contribution in [0, 0.1) is 14.2 Å². The van der Waals surface area contributed by atoms with Gasteiger partial charge in [0.25, 0.3) is 0 Å². The Balaban J connectivity index is 2.22. The molecule has 3 aromatic rings. The third-order valence-corrected chi connectivity index (χ3v) is 4.15. The van der Waals surface area contributed by atoms with Gasteiger partial charge in [0.15, 0.2) is 11.5 Å². The minimum Gasteiger partial charge on any atom is -0.282 e. The summed E-state index contributed by atoms with van der Waals surface area (Å²) in [4.78, 5) is 0. The summed E-state index contributed by atoms with van der Waals surface area (Å²) in [5.41, 5.74) is 2.34. The Morgan fingerprint density at radius 3 is 2.94 bits per heavy atom. The Hall–Kier alpha value is -1.46. The summed E-state index contributed by atoms with van der Waals surface area (Å²) >= 11 is 3.95. The molecule has 0 fully saturated rings. The fraction of sp³-hybridized carbons (Fsp3) is 0. The highest BCUT2D eigenvalue weighted by Gasteiger charge is 2.09. The van der Waals surface area contributed by atoms with Crippen LogP contribution in [0.15, 0.2) is 29.8 Å². The van der Waals surface area contributed by atoms with Crippen LogP contribution < -0.4 is 0 Å². The van der Waals surface area contributed by atoms with Crippen LogP contribution in [0.2, 0.25) is 0 Å². The standard InChI is InChI=1S/C11H5IN4S/c12-9-4-8(6-17-9)11-15-14-10-3-7(5-13)1-2-16(10)11/h1-4,6H. The maximum atomic E-state index is 8.82. The number of nitriles is 1. The number of halogens is 1. The molecule has 0 amide bonds. The van der Waals surface area contributed by atoms with Crippen LogP contribution in [-0.4, -0.2) is 14.6 Å². The quantitative estimate of drug-likeness (QED) is 0.633. The van der Waals surface area contributed by atoms with Gasteiger partial charge in [-0.2, -0.15) is 5.26 Å². The summed E-state index contributed by atoms with van der Waals surface area (Å²) in [6, 6.07) is 7.65. The van der Waals surface area contributed by atoms with Gasteiger partial charge >= 0.3 is 0 Å². The molecule has 0 aliphatic carbocycles. The van der Waals surface area contributed by atoms with Crippen molar-refractivity contribution >= 4 is 39.6 Å². The highest BCUT2D eigenvalue weighted by Crippen LogP contribution is 2.25. The van der Waals surface area contributed by atoms with E-state index in [1.54, 1.807) is 23.5 Å². The van der Waals surface area contributed by atoms with E-state index in [1.165, 1.54) is 2.88 Å². The predicted molar refractivity (Wildman–Crippen MR) is 73.7 cm³/mol. The first-order valence-corrected chi connectivity index (χ1v) is 6.73. The van der Waals surface area contributed by atoms with Crippen molar-refractivity contribution in [2.45, 2.75) is 0 Å². The average molecular weight is 352 g/mol. The van der Waals surface area contributed by atoms with Gasteiger partial charge in [0.05, 0.1) is 14.5 Å². The van der Waals surface area contributed by atoms with Crippen LogP contribution in [0.1, 0.15) is 5.56 Å². The second-order valence-corrected chi connectivity index (χ2v) is 6.22. The number of fused-ring (bicyclic) bond motifs is 1. The summed E-state index contributed by atoms with van der Waals surface area (Å²) in [6.07, 6.45) is 1.83. The Morgan fingerprint density at radius 2 is 2.24 bits per heavy atom. The van der Waals surface area contributed by atoms with Gasteiger partial charge in [-0.05, 0) is 34.7 Å². The molecule has 0 unspecified atom stereocenters. The SMILES string of the molecule is N#Cc1ccn2c(-c3csc(I)c3)nnc2c1. The van der Waals surface area contributed by atoms with Gasteiger partial charge in [-0.25, -0.2) is 0 Å². The van der Waals surface area contributed by atoms with Gasteiger partial charge in [-0.1, -0.05) is 0 Å². The fourth-order valence-electron chi connectivity index (χ4n) is 1.58. The molecule has 4 nitrogen and oxygen atoms in total. The van der Waals surface area contributed by atoms with Gasteiger partial charge in [-0.3, -0.25) is 4.40 Å². The number of rotatable bonds is 1. The molecule has 3 rings (SSSR count). The summed E-state index contributed by atoms with van der Waals surface area (Å²) in [6.45, 7) is 0. The van der Waals surface area contributed by atoms with Crippen molar-refractivity contribution in [1.29, 1.82) is 5.26 Å².